The van der Waals surface area contributed by atoms with Gasteiger partial charge in [0, 0.05) is 12.6 Å². The lowest BCUT2D eigenvalue weighted by atomic mass is 10.2. The Morgan fingerprint density at radius 2 is 1.94 bits per heavy atom. The van der Waals surface area contributed by atoms with E-state index in [1.807, 2.05) is 6.92 Å². The Kier molecular flexibility index (Phi) is 7.16. The smallest absolute Gasteiger partial charge is 0.346 e. The lowest BCUT2D eigenvalue weighted by Gasteiger charge is -2.12. The highest BCUT2D eigenvalue weighted by molar-refractivity contribution is 8.26. The van der Waals surface area contributed by atoms with Crippen LogP contribution in [0, 0.1) is 10.1 Å². The number of nitro groups is 1. The first kappa shape index (κ1) is 23.7. The lowest BCUT2D eigenvalue weighted by molar-refractivity contribution is -0.387. The Balaban J connectivity index is 1.91. The van der Waals surface area contributed by atoms with Gasteiger partial charge < -0.3 is 8.92 Å². The fraction of sp³-hybridized carbons (Fsp3) is 0.200. The first-order valence-electron chi connectivity index (χ1n) is 9.29. The SMILES string of the molecule is CCCN1C(=O)/C(=C\c2ccc(OS(=O)(=O)c3ccccc3[N+](=O)[O-])c(OC)c2)SC1=S. The van der Waals surface area contributed by atoms with E-state index in [1.165, 1.54) is 48.0 Å². The topological polar surface area (TPSA) is 116 Å². The molecule has 168 valence electrons. The second-order valence-corrected chi connectivity index (χ2v) is 9.70. The molecule has 0 aliphatic carbocycles. The molecule has 12 heteroatoms. The van der Waals surface area contributed by atoms with Gasteiger partial charge in [0.15, 0.2) is 16.4 Å². The van der Waals surface area contributed by atoms with Gasteiger partial charge in [0.25, 0.3) is 11.6 Å². The molecule has 0 unspecified atom stereocenters. The van der Waals surface area contributed by atoms with E-state index >= 15 is 0 Å². The maximum Gasteiger partial charge on any atom is 0.346 e. The van der Waals surface area contributed by atoms with E-state index in [0.29, 0.717) is 21.3 Å². The number of carbonyl (C=O) groups excluding carboxylic acids is 1. The minimum Gasteiger partial charge on any atom is -0.493 e. The molecule has 2 aromatic rings. The Morgan fingerprint density at radius 1 is 1.22 bits per heavy atom. The van der Waals surface area contributed by atoms with Crippen molar-refractivity contribution in [2.45, 2.75) is 18.2 Å². The number of methoxy groups -OCH3 is 1. The molecule has 0 aromatic heterocycles. The molecule has 1 saturated heterocycles. The average Bonchev–Trinajstić information content (AvgIpc) is 3.02. The molecular formula is C20H18N2O7S3. The van der Waals surface area contributed by atoms with Gasteiger partial charge in [-0.1, -0.05) is 49.1 Å². The van der Waals surface area contributed by atoms with Gasteiger partial charge in [-0.3, -0.25) is 19.8 Å². The maximum absolute atomic E-state index is 12.7. The minimum absolute atomic E-state index is 0.0740. The summed E-state index contributed by atoms with van der Waals surface area (Å²) in [4.78, 5) is 24.3. The van der Waals surface area contributed by atoms with Crippen molar-refractivity contribution in [1.29, 1.82) is 0 Å². The van der Waals surface area contributed by atoms with Crippen molar-refractivity contribution in [3.8, 4) is 11.5 Å². The summed E-state index contributed by atoms with van der Waals surface area (Å²) in [7, 11) is -3.18. The summed E-state index contributed by atoms with van der Waals surface area (Å²) in [6.45, 7) is 2.48. The predicted molar refractivity (Wildman–Crippen MR) is 124 cm³/mol. The molecule has 0 spiro atoms. The third-order valence-electron chi connectivity index (χ3n) is 4.34. The van der Waals surface area contributed by atoms with E-state index in [-0.39, 0.29) is 17.4 Å². The molecule has 2 aromatic carbocycles. The quantitative estimate of drug-likeness (QED) is 0.177. The highest BCUT2D eigenvalue weighted by Crippen LogP contribution is 2.36. The van der Waals surface area contributed by atoms with Gasteiger partial charge in [0.2, 0.25) is 0 Å². The molecule has 0 radical (unpaired) electrons. The normalized spacial score (nSPS) is 15.3. The number of rotatable bonds is 8. The number of hydrogen-bond acceptors (Lipinski definition) is 9. The number of para-hydroxylation sites is 1. The molecule has 0 bridgehead atoms. The Labute approximate surface area is 194 Å². The van der Waals surface area contributed by atoms with Gasteiger partial charge >= 0.3 is 10.1 Å². The molecule has 9 nitrogen and oxygen atoms in total. The largest absolute Gasteiger partial charge is 0.493 e. The zero-order valence-corrected chi connectivity index (χ0v) is 19.5. The zero-order chi connectivity index (χ0) is 23.5. The summed E-state index contributed by atoms with van der Waals surface area (Å²) in [5, 5.41) is 11.2. The number of hydrogen-bond donors (Lipinski definition) is 0. The van der Waals surface area contributed by atoms with Crippen LogP contribution >= 0.6 is 24.0 Å². The number of nitro benzene ring substituents is 1. The van der Waals surface area contributed by atoms with Crippen molar-refractivity contribution in [3.63, 3.8) is 0 Å². The monoisotopic (exact) mass is 494 g/mol. The van der Waals surface area contributed by atoms with Crippen molar-refractivity contribution in [3.05, 3.63) is 63.0 Å². The van der Waals surface area contributed by atoms with Crippen LogP contribution in [0.25, 0.3) is 6.08 Å². The summed E-state index contributed by atoms with van der Waals surface area (Å²) in [6, 6.07) is 9.27. The van der Waals surface area contributed by atoms with Crippen LogP contribution in [0.2, 0.25) is 0 Å². The summed E-state index contributed by atoms with van der Waals surface area (Å²) in [5.74, 6) is -0.272. The molecule has 1 fully saturated rings. The van der Waals surface area contributed by atoms with E-state index in [2.05, 4.69) is 0 Å². The second-order valence-electron chi connectivity index (χ2n) is 6.51. The van der Waals surface area contributed by atoms with Crippen LogP contribution in [0.15, 0.2) is 52.3 Å². The van der Waals surface area contributed by atoms with E-state index in [1.54, 1.807) is 12.1 Å². The number of amides is 1. The molecular weight excluding hydrogens is 476 g/mol. The van der Waals surface area contributed by atoms with Crippen molar-refractivity contribution >= 4 is 56.1 Å². The third kappa shape index (κ3) is 4.92. The van der Waals surface area contributed by atoms with Crippen molar-refractivity contribution in [2.24, 2.45) is 0 Å². The molecule has 1 aliphatic rings. The fourth-order valence-corrected chi connectivity index (χ4v) is 5.31. The molecule has 0 atom stereocenters. The first-order valence-corrected chi connectivity index (χ1v) is 11.9. The van der Waals surface area contributed by atoms with Gasteiger partial charge in [-0.15, -0.1) is 0 Å². The average molecular weight is 495 g/mol. The summed E-state index contributed by atoms with van der Waals surface area (Å²) >= 11 is 6.43. The summed E-state index contributed by atoms with van der Waals surface area (Å²) < 4.78 is 36.2. The van der Waals surface area contributed by atoms with Crippen molar-refractivity contribution in [2.75, 3.05) is 13.7 Å². The van der Waals surface area contributed by atoms with Gasteiger partial charge in [-0.2, -0.15) is 8.42 Å². The molecule has 1 aliphatic heterocycles. The second kappa shape index (κ2) is 9.67. The highest BCUT2D eigenvalue weighted by atomic mass is 32.2. The number of carbonyl (C=O) groups is 1. The molecule has 32 heavy (non-hydrogen) atoms. The summed E-state index contributed by atoms with van der Waals surface area (Å²) in [5.41, 5.74) is -0.0357. The molecule has 1 amide bonds. The van der Waals surface area contributed by atoms with Crippen LogP contribution in [0.4, 0.5) is 5.69 Å². The maximum atomic E-state index is 12.7. The molecule has 0 N–H and O–H groups in total. The predicted octanol–water partition coefficient (Wildman–Crippen LogP) is 3.98. The van der Waals surface area contributed by atoms with E-state index in [0.717, 1.165) is 18.6 Å². The molecule has 1 heterocycles. The standard InChI is InChI=1S/C20H18N2O7S3/c1-3-10-21-19(23)17(31-20(21)30)12-13-8-9-15(16(11-13)28-2)29-32(26,27)18-7-5-4-6-14(18)22(24)25/h4-9,11-12H,3,10H2,1-2H3/b17-12+. The van der Waals surface area contributed by atoms with Crippen LogP contribution in [0.1, 0.15) is 18.9 Å². The van der Waals surface area contributed by atoms with Crippen LogP contribution in [-0.4, -0.2) is 42.1 Å². The molecule has 0 saturated carbocycles. The lowest BCUT2D eigenvalue weighted by Crippen LogP contribution is -2.28. The molecule has 3 rings (SSSR count). The highest BCUT2D eigenvalue weighted by Gasteiger charge is 2.31. The van der Waals surface area contributed by atoms with Crippen LogP contribution < -0.4 is 8.92 Å². The first-order chi connectivity index (χ1) is 15.2. The Bertz CT molecular complexity index is 1230. The van der Waals surface area contributed by atoms with E-state index in [4.69, 9.17) is 21.1 Å². The van der Waals surface area contributed by atoms with Gasteiger partial charge in [0.1, 0.15) is 4.32 Å². The van der Waals surface area contributed by atoms with Crippen LogP contribution in [-0.2, 0) is 14.9 Å². The van der Waals surface area contributed by atoms with Crippen LogP contribution in [0.5, 0.6) is 11.5 Å². The van der Waals surface area contributed by atoms with Crippen molar-refractivity contribution < 1.29 is 27.1 Å². The Morgan fingerprint density at radius 3 is 2.59 bits per heavy atom. The third-order valence-corrected chi connectivity index (χ3v) is 7.00. The number of nitrogens with zero attached hydrogens (tertiary/aromatic N) is 2. The number of thioether (sulfide) groups is 1. The van der Waals surface area contributed by atoms with Crippen molar-refractivity contribution in [1.82, 2.24) is 4.90 Å². The number of ether oxygens (including phenoxy) is 1. The van der Waals surface area contributed by atoms with E-state index < -0.39 is 25.6 Å². The fourth-order valence-electron chi connectivity index (χ4n) is 2.89. The number of benzene rings is 2. The minimum atomic E-state index is -4.51. The van der Waals surface area contributed by atoms with Gasteiger partial charge in [-0.25, -0.2) is 0 Å². The zero-order valence-electron chi connectivity index (χ0n) is 17.0. The van der Waals surface area contributed by atoms with Gasteiger partial charge in [0.05, 0.1) is 16.9 Å². The summed E-state index contributed by atoms with van der Waals surface area (Å²) in [6.07, 6.45) is 2.39. The Hall–Kier alpha value is -2.96. The van der Waals surface area contributed by atoms with E-state index in [9.17, 15) is 23.3 Å². The van der Waals surface area contributed by atoms with Gasteiger partial charge in [-0.05, 0) is 36.3 Å². The number of thiocarbonyl (C=S) groups is 1. The van der Waals surface area contributed by atoms with Crippen LogP contribution in [0.3, 0.4) is 0 Å².